The van der Waals surface area contributed by atoms with Crippen molar-refractivity contribution in [3.63, 3.8) is 0 Å². The highest BCUT2D eigenvalue weighted by Crippen LogP contribution is 2.40. The van der Waals surface area contributed by atoms with Gasteiger partial charge in [0.15, 0.2) is 5.54 Å². The minimum absolute atomic E-state index is 0.0291. The van der Waals surface area contributed by atoms with Gasteiger partial charge in [0.05, 0.1) is 6.61 Å². The Labute approximate surface area is 180 Å². The van der Waals surface area contributed by atoms with E-state index in [1.807, 2.05) is 6.92 Å². The van der Waals surface area contributed by atoms with E-state index in [1.54, 1.807) is 36.4 Å². The highest BCUT2D eigenvalue weighted by atomic mass is 35.5. The van der Waals surface area contributed by atoms with E-state index in [2.05, 4.69) is 11.9 Å². The fraction of sp³-hybridized carbons (Fsp3) is 0.273. The molecule has 0 saturated heterocycles. The first-order chi connectivity index (χ1) is 14.1. The summed E-state index contributed by atoms with van der Waals surface area (Å²) < 4.78 is 5.72. The van der Waals surface area contributed by atoms with E-state index in [0.717, 1.165) is 5.56 Å². The summed E-state index contributed by atoms with van der Waals surface area (Å²) in [5.41, 5.74) is 6.63. The molecule has 0 aromatic heterocycles. The molecule has 30 heavy (non-hydrogen) atoms. The lowest BCUT2D eigenvalue weighted by Gasteiger charge is -2.31. The minimum Gasteiger partial charge on any atom is -0.490 e. The van der Waals surface area contributed by atoms with Crippen LogP contribution in [0.15, 0.2) is 43.0 Å². The fourth-order valence-corrected chi connectivity index (χ4v) is 3.17. The van der Waals surface area contributed by atoms with Crippen LogP contribution in [-0.2, 0) is 16.8 Å². The molecule has 0 aliphatic carbocycles. The molecule has 8 heteroatoms. The number of benzene rings is 2. The highest BCUT2D eigenvalue weighted by Gasteiger charge is 2.39. The zero-order valence-electron chi connectivity index (χ0n) is 17.0. The van der Waals surface area contributed by atoms with Crippen molar-refractivity contribution in [3.05, 3.63) is 65.2 Å². The number of aliphatic hydroxyl groups excluding tert-OH is 1. The molecule has 0 saturated carbocycles. The molecule has 7 nitrogen and oxygen atoms in total. The van der Waals surface area contributed by atoms with Gasteiger partial charge < -0.3 is 26.0 Å². The number of aliphatic carboxylic acids is 1. The van der Waals surface area contributed by atoms with Crippen molar-refractivity contribution in [1.29, 1.82) is 5.41 Å². The van der Waals surface area contributed by atoms with Crippen molar-refractivity contribution in [1.82, 2.24) is 0 Å². The maximum atomic E-state index is 12.4. The number of nitrogens with two attached hydrogens (primary N) is 1. The lowest BCUT2D eigenvalue weighted by Crippen LogP contribution is -2.41. The van der Waals surface area contributed by atoms with Gasteiger partial charge in [-0.05, 0) is 55.3 Å². The normalized spacial score (nSPS) is 12.7. The van der Waals surface area contributed by atoms with Crippen molar-refractivity contribution in [2.75, 3.05) is 18.5 Å². The predicted molar refractivity (Wildman–Crippen MR) is 119 cm³/mol. The quantitative estimate of drug-likeness (QED) is 0.289. The number of ether oxygens (including phenoxy) is 1. The maximum Gasteiger partial charge on any atom is 0.333 e. The Kier molecular flexibility index (Phi) is 7.48. The van der Waals surface area contributed by atoms with Gasteiger partial charge in [-0.2, -0.15) is 0 Å². The third kappa shape index (κ3) is 4.93. The number of carboxylic acids is 1. The second kappa shape index (κ2) is 9.65. The molecule has 0 radical (unpaired) electrons. The Morgan fingerprint density at radius 2 is 1.97 bits per heavy atom. The van der Waals surface area contributed by atoms with Gasteiger partial charge in [-0.1, -0.05) is 25.1 Å². The number of amidine groups is 1. The Bertz CT molecular complexity index is 960. The first-order valence-corrected chi connectivity index (χ1v) is 9.73. The lowest BCUT2D eigenvalue weighted by molar-refractivity contribution is -0.142. The second-order valence-corrected chi connectivity index (χ2v) is 7.35. The fourth-order valence-electron chi connectivity index (χ4n) is 3.03. The summed E-state index contributed by atoms with van der Waals surface area (Å²) >= 11 is 6.19. The maximum absolute atomic E-state index is 12.4. The SMILES string of the molecule is C=C(Cl)c1cc(CC)cc(C(C)(Nc2ccc(C(=N)N)cc2)C(=O)O)c1OCCO. The molecule has 0 aliphatic rings. The molecule has 2 rings (SSSR count). The van der Waals surface area contributed by atoms with Gasteiger partial charge in [-0.25, -0.2) is 4.79 Å². The number of aryl methyl sites for hydroxylation is 1. The van der Waals surface area contributed by atoms with Crippen LogP contribution >= 0.6 is 11.6 Å². The third-order valence-corrected chi connectivity index (χ3v) is 4.95. The van der Waals surface area contributed by atoms with Crippen molar-refractivity contribution in [2.45, 2.75) is 25.8 Å². The van der Waals surface area contributed by atoms with Crippen molar-refractivity contribution < 1.29 is 19.7 Å². The number of nitrogen functional groups attached to an aromatic ring is 1. The van der Waals surface area contributed by atoms with Crippen molar-refractivity contribution >= 4 is 34.1 Å². The number of halogens is 1. The molecular weight excluding hydrogens is 406 g/mol. The van der Waals surface area contributed by atoms with Crippen LogP contribution in [-0.4, -0.2) is 35.2 Å². The number of carboxylic acid groups (broad SMARTS) is 1. The first-order valence-electron chi connectivity index (χ1n) is 9.35. The Morgan fingerprint density at radius 3 is 2.43 bits per heavy atom. The molecule has 0 aliphatic heterocycles. The van der Waals surface area contributed by atoms with Crippen LogP contribution in [0.2, 0.25) is 0 Å². The summed E-state index contributed by atoms with van der Waals surface area (Å²) in [4.78, 5) is 12.4. The first kappa shape index (κ1) is 23.3. The van der Waals surface area contributed by atoms with Crippen LogP contribution in [0, 0.1) is 5.41 Å². The van der Waals surface area contributed by atoms with Gasteiger partial charge in [-0.3, -0.25) is 5.41 Å². The molecule has 1 unspecified atom stereocenters. The highest BCUT2D eigenvalue weighted by molar-refractivity contribution is 6.48. The summed E-state index contributed by atoms with van der Waals surface area (Å²) in [6, 6.07) is 10.1. The molecule has 2 aromatic rings. The van der Waals surface area contributed by atoms with E-state index >= 15 is 0 Å². The number of nitrogens with one attached hydrogen (secondary N) is 2. The molecule has 0 bridgehead atoms. The average molecular weight is 432 g/mol. The van der Waals surface area contributed by atoms with E-state index < -0.39 is 11.5 Å². The standard InChI is InChI=1S/C22H26ClN3O4/c1-4-14-11-17(13(2)23)19(30-10-9-27)18(12-14)22(3,21(28)29)26-16-7-5-15(6-8-16)20(24)25/h5-8,11-12,26-27H,2,4,9-10H2,1,3H3,(H3,24,25)(H,28,29). The lowest BCUT2D eigenvalue weighted by atomic mass is 9.87. The van der Waals surface area contributed by atoms with Gasteiger partial charge in [0.1, 0.15) is 18.2 Å². The van der Waals surface area contributed by atoms with Gasteiger partial charge in [0, 0.05) is 27.4 Å². The largest absolute Gasteiger partial charge is 0.490 e. The summed E-state index contributed by atoms with van der Waals surface area (Å²) in [7, 11) is 0. The molecule has 160 valence electrons. The molecule has 1 atom stereocenters. The van der Waals surface area contributed by atoms with E-state index in [9.17, 15) is 15.0 Å². The predicted octanol–water partition coefficient (Wildman–Crippen LogP) is 3.53. The van der Waals surface area contributed by atoms with Crippen molar-refractivity contribution in [3.8, 4) is 5.75 Å². The third-order valence-electron chi connectivity index (χ3n) is 4.74. The summed E-state index contributed by atoms with van der Waals surface area (Å²) in [6.07, 6.45) is 0.646. The molecule has 0 heterocycles. The number of hydrogen-bond donors (Lipinski definition) is 5. The Morgan fingerprint density at radius 1 is 1.33 bits per heavy atom. The number of hydrogen-bond acceptors (Lipinski definition) is 5. The number of aliphatic hydroxyl groups is 1. The molecule has 0 spiro atoms. The molecule has 0 amide bonds. The Hall–Kier alpha value is -3.03. The van der Waals surface area contributed by atoms with Crippen molar-refractivity contribution in [2.24, 2.45) is 5.73 Å². The summed E-state index contributed by atoms with van der Waals surface area (Å²) in [5.74, 6) is -0.964. The average Bonchev–Trinajstić information content (AvgIpc) is 2.71. The summed E-state index contributed by atoms with van der Waals surface area (Å²) in [5, 5.41) is 30.1. The topological polar surface area (TPSA) is 129 Å². The van der Waals surface area contributed by atoms with Crippen LogP contribution in [0.3, 0.4) is 0 Å². The molecule has 2 aromatic carbocycles. The van der Waals surface area contributed by atoms with Gasteiger partial charge in [0.2, 0.25) is 0 Å². The van der Waals surface area contributed by atoms with E-state index in [0.29, 0.717) is 28.8 Å². The zero-order valence-corrected chi connectivity index (χ0v) is 17.7. The van der Waals surface area contributed by atoms with Crippen LogP contribution in [0.5, 0.6) is 5.75 Å². The van der Waals surface area contributed by atoms with E-state index in [-0.39, 0.29) is 29.8 Å². The van der Waals surface area contributed by atoms with Gasteiger partial charge >= 0.3 is 5.97 Å². The van der Waals surface area contributed by atoms with E-state index in [4.69, 9.17) is 27.5 Å². The van der Waals surface area contributed by atoms with E-state index in [1.165, 1.54) is 6.92 Å². The summed E-state index contributed by atoms with van der Waals surface area (Å²) in [6.45, 7) is 6.97. The zero-order chi connectivity index (χ0) is 22.5. The number of rotatable bonds is 10. The molecular formula is C22H26ClN3O4. The second-order valence-electron chi connectivity index (χ2n) is 6.90. The van der Waals surface area contributed by atoms with Gasteiger partial charge in [-0.15, -0.1) is 0 Å². The van der Waals surface area contributed by atoms with Crippen LogP contribution in [0.25, 0.3) is 5.03 Å². The molecule has 0 fully saturated rings. The number of carbonyl (C=O) groups is 1. The smallest absolute Gasteiger partial charge is 0.333 e. The Balaban J connectivity index is 2.66. The number of anilines is 1. The van der Waals surface area contributed by atoms with Crippen LogP contribution in [0.1, 0.15) is 36.1 Å². The van der Waals surface area contributed by atoms with Crippen LogP contribution in [0.4, 0.5) is 5.69 Å². The van der Waals surface area contributed by atoms with Crippen LogP contribution < -0.4 is 15.8 Å². The molecule has 6 N–H and O–H groups in total. The minimum atomic E-state index is -1.59. The monoisotopic (exact) mass is 431 g/mol. The van der Waals surface area contributed by atoms with Gasteiger partial charge in [0.25, 0.3) is 0 Å².